The molecule has 2 fully saturated rings. The van der Waals surface area contributed by atoms with Crippen molar-refractivity contribution in [1.82, 2.24) is 15.5 Å². The van der Waals surface area contributed by atoms with Crippen LogP contribution in [0.3, 0.4) is 0 Å². The van der Waals surface area contributed by atoms with Crippen LogP contribution in [0.25, 0.3) is 0 Å². The van der Waals surface area contributed by atoms with E-state index in [1.54, 1.807) is 0 Å². The molecule has 0 radical (unpaired) electrons. The number of ether oxygens (including phenoxy) is 1. The Bertz CT molecular complexity index is 455. The standard InChI is InChI=1S/C15H25N3O3/c1-2-20-15(7-5-3-4-6-8-15)14-17-13(21-18-14)12-9-11(19)10-16-12/h11-12,16,19H,2-10H2,1H3/t11-,12+/m0/s1. The molecule has 1 saturated carbocycles. The van der Waals surface area contributed by atoms with Gasteiger partial charge in [-0.25, -0.2) is 0 Å². The van der Waals surface area contributed by atoms with Crippen molar-refractivity contribution < 1.29 is 14.4 Å². The van der Waals surface area contributed by atoms with Gasteiger partial charge in [-0.2, -0.15) is 4.98 Å². The van der Waals surface area contributed by atoms with Crippen LogP contribution in [0, 0.1) is 0 Å². The molecule has 0 bridgehead atoms. The normalized spacial score (nSPS) is 29.4. The molecular formula is C15H25N3O3. The molecule has 2 atom stereocenters. The summed E-state index contributed by atoms with van der Waals surface area (Å²) < 4.78 is 11.5. The van der Waals surface area contributed by atoms with Gasteiger partial charge in [0.15, 0.2) is 0 Å². The van der Waals surface area contributed by atoms with Crippen LogP contribution in [0.2, 0.25) is 0 Å². The summed E-state index contributed by atoms with van der Waals surface area (Å²) in [5.74, 6) is 1.26. The lowest BCUT2D eigenvalue weighted by Gasteiger charge is -2.29. The predicted molar refractivity (Wildman–Crippen MR) is 76.7 cm³/mol. The molecule has 118 valence electrons. The molecule has 3 rings (SSSR count). The number of aliphatic hydroxyl groups excluding tert-OH is 1. The fourth-order valence-electron chi connectivity index (χ4n) is 3.48. The number of β-amino-alcohol motifs (C(OH)–C–C–N with tert-alkyl or cyclic N) is 1. The zero-order valence-electron chi connectivity index (χ0n) is 12.7. The first-order valence-electron chi connectivity index (χ1n) is 8.13. The van der Waals surface area contributed by atoms with Crippen LogP contribution >= 0.6 is 0 Å². The second-order valence-corrected chi connectivity index (χ2v) is 6.15. The van der Waals surface area contributed by atoms with Crippen LogP contribution in [-0.4, -0.2) is 34.5 Å². The summed E-state index contributed by atoms with van der Waals surface area (Å²) >= 11 is 0. The van der Waals surface area contributed by atoms with Gasteiger partial charge < -0.3 is 19.7 Å². The van der Waals surface area contributed by atoms with E-state index in [4.69, 9.17) is 9.26 Å². The molecule has 0 spiro atoms. The van der Waals surface area contributed by atoms with E-state index in [2.05, 4.69) is 15.5 Å². The van der Waals surface area contributed by atoms with Crippen LogP contribution in [0.5, 0.6) is 0 Å². The first kappa shape index (κ1) is 14.9. The fourth-order valence-corrected chi connectivity index (χ4v) is 3.48. The van der Waals surface area contributed by atoms with Gasteiger partial charge in [-0.3, -0.25) is 0 Å². The molecule has 0 amide bonds. The molecule has 1 aliphatic heterocycles. The van der Waals surface area contributed by atoms with E-state index in [9.17, 15) is 5.11 Å². The lowest BCUT2D eigenvalue weighted by molar-refractivity contribution is -0.0636. The van der Waals surface area contributed by atoms with Crippen molar-refractivity contribution >= 4 is 0 Å². The van der Waals surface area contributed by atoms with Crippen molar-refractivity contribution in [2.45, 2.75) is 69.6 Å². The third-order valence-corrected chi connectivity index (χ3v) is 4.59. The van der Waals surface area contributed by atoms with E-state index >= 15 is 0 Å². The molecule has 1 aliphatic carbocycles. The molecule has 21 heavy (non-hydrogen) atoms. The number of nitrogens with one attached hydrogen (secondary N) is 1. The van der Waals surface area contributed by atoms with E-state index in [0.717, 1.165) is 25.7 Å². The molecule has 0 aromatic carbocycles. The first-order valence-corrected chi connectivity index (χ1v) is 8.13. The molecule has 6 heteroatoms. The first-order chi connectivity index (χ1) is 10.2. The smallest absolute Gasteiger partial charge is 0.243 e. The summed E-state index contributed by atoms with van der Waals surface area (Å²) in [6, 6.07) is -0.0364. The fraction of sp³-hybridized carbons (Fsp3) is 0.867. The molecule has 1 saturated heterocycles. The maximum absolute atomic E-state index is 9.61. The van der Waals surface area contributed by atoms with Gasteiger partial charge >= 0.3 is 0 Å². The average molecular weight is 295 g/mol. The largest absolute Gasteiger partial charge is 0.392 e. The lowest BCUT2D eigenvalue weighted by atomic mass is 9.93. The minimum atomic E-state index is -0.385. The number of aromatic nitrogens is 2. The Hall–Kier alpha value is -0.980. The van der Waals surface area contributed by atoms with Crippen molar-refractivity contribution in [1.29, 1.82) is 0 Å². The van der Waals surface area contributed by atoms with Gasteiger partial charge in [0.1, 0.15) is 5.60 Å². The highest BCUT2D eigenvalue weighted by Gasteiger charge is 2.39. The molecular weight excluding hydrogens is 270 g/mol. The Morgan fingerprint density at radius 1 is 1.33 bits per heavy atom. The number of hydrogen-bond donors (Lipinski definition) is 2. The van der Waals surface area contributed by atoms with Gasteiger partial charge in [0.05, 0.1) is 12.1 Å². The zero-order chi connectivity index (χ0) is 14.7. The number of hydrogen-bond acceptors (Lipinski definition) is 6. The van der Waals surface area contributed by atoms with Gasteiger partial charge in [0.2, 0.25) is 11.7 Å². The Morgan fingerprint density at radius 2 is 2.10 bits per heavy atom. The highest BCUT2D eigenvalue weighted by molar-refractivity contribution is 5.06. The molecule has 0 unspecified atom stereocenters. The van der Waals surface area contributed by atoms with E-state index in [0.29, 0.717) is 31.3 Å². The Balaban J connectivity index is 1.81. The Labute approximate surface area is 125 Å². The van der Waals surface area contributed by atoms with E-state index in [-0.39, 0.29) is 17.7 Å². The summed E-state index contributed by atoms with van der Waals surface area (Å²) in [7, 11) is 0. The van der Waals surface area contributed by atoms with Crippen molar-refractivity contribution in [2.24, 2.45) is 0 Å². The Morgan fingerprint density at radius 3 is 2.71 bits per heavy atom. The summed E-state index contributed by atoms with van der Waals surface area (Å²) in [6.07, 6.45) is 6.99. The van der Waals surface area contributed by atoms with Crippen LogP contribution in [-0.2, 0) is 10.3 Å². The Kier molecular flexibility index (Phi) is 4.57. The maximum atomic E-state index is 9.61. The highest BCUT2D eigenvalue weighted by Crippen LogP contribution is 2.38. The SMILES string of the molecule is CCOC1(c2noc([C@H]3C[C@H](O)CN3)n2)CCCCCC1. The van der Waals surface area contributed by atoms with E-state index < -0.39 is 0 Å². The van der Waals surface area contributed by atoms with Crippen molar-refractivity contribution in [3.05, 3.63) is 11.7 Å². The molecule has 2 aliphatic rings. The molecule has 1 aromatic heterocycles. The predicted octanol–water partition coefficient (Wildman–Crippen LogP) is 2.05. The third-order valence-electron chi connectivity index (χ3n) is 4.59. The lowest BCUT2D eigenvalue weighted by Crippen LogP contribution is -2.31. The van der Waals surface area contributed by atoms with Crippen molar-refractivity contribution in [3.63, 3.8) is 0 Å². The number of rotatable bonds is 4. The third kappa shape index (κ3) is 3.12. The monoisotopic (exact) mass is 295 g/mol. The minimum absolute atomic E-state index is 0.0364. The number of nitrogens with zero attached hydrogens (tertiary/aromatic N) is 2. The van der Waals surface area contributed by atoms with Gasteiger partial charge in [0.25, 0.3) is 0 Å². The van der Waals surface area contributed by atoms with Gasteiger partial charge in [-0.1, -0.05) is 30.8 Å². The van der Waals surface area contributed by atoms with Gasteiger partial charge in [-0.05, 0) is 26.2 Å². The van der Waals surface area contributed by atoms with Gasteiger partial charge in [0, 0.05) is 13.2 Å². The van der Waals surface area contributed by atoms with Crippen molar-refractivity contribution in [2.75, 3.05) is 13.2 Å². The summed E-state index contributed by atoms with van der Waals surface area (Å²) in [6.45, 7) is 3.26. The number of aliphatic hydroxyl groups is 1. The topological polar surface area (TPSA) is 80.4 Å². The minimum Gasteiger partial charge on any atom is -0.392 e. The molecule has 1 aromatic rings. The summed E-state index contributed by atoms with van der Waals surface area (Å²) in [5.41, 5.74) is -0.385. The second-order valence-electron chi connectivity index (χ2n) is 6.15. The van der Waals surface area contributed by atoms with Crippen LogP contribution in [0.15, 0.2) is 4.52 Å². The van der Waals surface area contributed by atoms with E-state index in [1.807, 2.05) is 6.92 Å². The average Bonchev–Trinajstić information content (AvgIpc) is 3.06. The quantitative estimate of drug-likeness (QED) is 0.828. The van der Waals surface area contributed by atoms with Crippen molar-refractivity contribution in [3.8, 4) is 0 Å². The molecule has 2 heterocycles. The molecule has 6 nitrogen and oxygen atoms in total. The summed E-state index contributed by atoms with van der Waals surface area (Å²) in [4.78, 5) is 4.61. The summed E-state index contributed by atoms with van der Waals surface area (Å²) in [5, 5.41) is 17.0. The second kappa shape index (κ2) is 6.42. The van der Waals surface area contributed by atoms with Crippen LogP contribution < -0.4 is 5.32 Å². The van der Waals surface area contributed by atoms with Crippen LogP contribution in [0.1, 0.15) is 69.6 Å². The zero-order valence-corrected chi connectivity index (χ0v) is 12.7. The highest BCUT2D eigenvalue weighted by atomic mass is 16.5. The maximum Gasteiger partial charge on any atom is 0.243 e. The van der Waals surface area contributed by atoms with E-state index in [1.165, 1.54) is 12.8 Å². The van der Waals surface area contributed by atoms with Crippen LogP contribution in [0.4, 0.5) is 0 Å². The van der Waals surface area contributed by atoms with Gasteiger partial charge in [-0.15, -0.1) is 0 Å². The molecule has 2 N–H and O–H groups in total.